The van der Waals surface area contributed by atoms with Crippen molar-refractivity contribution in [3.63, 3.8) is 0 Å². The highest BCUT2D eigenvalue weighted by molar-refractivity contribution is 7.89. The molecule has 0 unspecified atom stereocenters. The van der Waals surface area contributed by atoms with E-state index in [2.05, 4.69) is 11.4 Å². The van der Waals surface area contributed by atoms with Gasteiger partial charge in [-0.3, -0.25) is 0 Å². The maximum Gasteiger partial charge on any atom is 0.238 e. The van der Waals surface area contributed by atoms with Gasteiger partial charge >= 0.3 is 0 Å². The van der Waals surface area contributed by atoms with Crippen molar-refractivity contribution in [2.24, 2.45) is 5.14 Å². The molecule has 0 fully saturated rings. The number of sulfonamides is 1. The van der Waals surface area contributed by atoms with Crippen molar-refractivity contribution in [3.8, 4) is 0 Å². The van der Waals surface area contributed by atoms with E-state index in [0.29, 0.717) is 5.69 Å². The van der Waals surface area contributed by atoms with Crippen molar-refractivity contribution < 1.29 is 8.42 Å². The van der Waals surface area contributed by atoms with Gasteiger partial charge in [-0.15, -0.1) is 0 Å². The van der Waals surface area contributed by atoms with Crippen molar-refractivity contribution in [1.82, 2.24) is 0 Å². The van der Waals surface area contributed by atoms with Gasteiger partial charge in [0.25, 0.3) is 0 Å². The van der Waals surface area contributed by atoms with E-state index in [-0.39, 0.29) is 4.90 Å². The summed E-state index contributed by atoms with van der Waals surface area (Å²) in [7, 11) is -3.71. The van der Waals surface area contributed by atoms with Crippen molar-refractivity contribution in [2.45, 2.75) is 4.90 Å². The third kappa shape index (κ3) is 3.05. The van der Waals surface area contributed by atoms with Gasteiger partial charge in [0.05, 0.1) is 4.90 Å². The molecule has 2 rings (SSSR count). The third-order valence-corrected chi connectivity index (χ3v) is 2.99. The van der Waals surface area contributed by atoms with Crippen molar-refractivity contribution in [3.05, 3.63) is 54.6 Å². The summed E-state index contributed by atoms with van der Waals surface area (Å²) in [6.45, 7) is 0. The lowest BCUT2D eigenvalue weighted by atomic mass is 10.3. The minimum atomic E-state index is -3.71. The number of primary sulfonamides is 1. The zero-order valence-electron chi connectivity index (χ0n) is 8.92. The fourth-order valence-electron chi connectivity index (χ4n) is 1.37. The fourth-order valence-corrected chi connectivity index (χ4v) is 1.90. The Labute approximate surface area is 100 Å². The van der Waals surface area contributed by atoms with Gasteiger partial charge in [0.1, 0.15) is 0 Å². The third-order valence-electron chi connectivity index (χ3n) is 2.14. The number of para-hydroxylation sites is 1. The van der Waals surface area contributed by atoms with Gasteiger partial charge < -0.3 is 5.32 Å². The molecule has 0 saturated heterocycles. The van der Waals surface area contributed by atoms with Crippen LogP contribution in [-0.4, -0.2) is 8.42 Å². The van der Waals surface area contributed by atoms with Crippen LogP contribution < -0.4 is 10.5 Å². The van der Waals surface area contributed by atoms with E-state index >= 15 is 0 Å². The molecule has 0 aliphatic carbocycles. The topological polar surface area (TPSA) is 72.2 Å². The summed E-state index contributed by atoms with van der Waals surface area (Å²) in [6, 6.07) is 16.7. The number of rotatable bonds is 3. The van der Waals surface area contributed by atoms with Crippen LogP contribution in [-0.2, 0) is 10.0 Å². The lowest BCUT2D eigenvalue weighted by Gasteiger charge is -2.07. The molecule has 0 atom stereocenters. The van der Waals surface area contributed by atoms with Gasteiger partial charge in [-0.25, -0.2) is 13.6 Å². The van der Waals surface area contributed by atoms with Crippen LogP contribution in [0, 0.1) is 6.07 Å². The minimum Gasteiger partial charge on any atom is -0.355 e. The molecule has 0 heterocycles. The smallest absolute Gasteiger partial charge is 0.238 e. The Kier molecular flexibility index (Phi) is 3.12. The number of hydrogen-bond acceptors (Lipinski definition) is 3. The molecular formula is C12H11N2O2S. The molecule has 0 spiro atoms. The normalized spacial score (nSPS) is 11.1. The summed E-state index contributed by atoms with van der Waals surface area (Å²) < 4.78 is 22.3. The van der Waals surface area contributed by atoms with E-state index in [4.69, 9.17) is 5.14 Å². The van der Waals surface area contributed by atoms with Gasteiger partial charge in [0.15, 0.2) is 0 Å². The van der Waals surface area contributed by atoms with Gasteiger partial charge in [-0.05, 0) is 24.3 Å². The first-order valence-electron chi connectivity index (χ1n) is 4.92. The summed E-state index contributed by atoms with van der Waals surface area (Å²) in [4.78, 5) is -0.0292. The summed E-state index contributed by atoms with van der Waals surface area (Å²) >= 11 is 0. The summed E-state index contributed by atoms with van der Waals surface area (Å²) in [5.74, 6) is 0. The summed E-state index contributed by atoms with van der Waals surface area (Å²) in [5, 5.41) is 8.11. The van der Waals surface area contributed by atoms with E-state index < -0.39 is 10.0 Å². The van der Waals surface area contributed by atoms with Gasteiger partial charge in [-0.2, -0.15) is 0 Å². The largest absolute Gasteiger partial charge is 0.355 e. The molecule has 2 aromatic carbocycles. The Hall–Kier alpha value is -1.85. The molecule has 0 saturated carbocycles. The van der Waals surface area contributed by atoms with Crippen LogP contribution in [0.1, 0.15) is 0 Å². The Morgan fingerprint density at radius 1 is 1.06 bits per heavy atom. The average molecular weight is 247 g/mol. The Bertz CT molecular complexity index is 609. The van der Waals surface area contributed by atoms with Crippen LogP contribution in [0.2, 0.25) is 0 Å². The number of nitrogens with one attached hydrogen (secondary N) is 1. The van der Waals surface area contributed by atoms with Gasteiger partial charge in [-0.1, -0.05) is 24.3 Å². The van der Waals surface area contributed by atoms with Crippen LogP contribution in [0.4, 0.5) is 11.4 Å². The predicted molar refractivity (Wildman–Crippen MR) is 66.4 cm³/mol. The van der Waals surface area contributed by atoms with Crippen molar-refractivity contribution in [1.29, 1.82) is 0 Å². The number of anilines is 2. The lowest BCUT2D eigenvalue weighted by Crippen LogP contribution is -2.12. The van der Waals surface area contributed by atoms with Crippen molar-refractivity contribution in [2.75, 3.05) is 5.32 Å². The summed E-state index contributed by atoms with van der Waals surface area (Å²) in [5.41, 5.74) is 1.53. The monoisotopic (exact) mass is 247 g/mol. The number of benzene rings is 2. The number of nitrogens with two attached hydrogens (primary N) is 1. The lowest BCUT2D eigenvalue weighted by molar-refractivity contribution is 0.597. The molecule has 87 valence electrons. The van der Waals surface area contributed by atoms with E-state index in [1.54, 1.807) is 6.07 Å². The minimum absolute atomic E-state index is 0.0292. The second-order valence-electron chi connectivity index (χ2n) is 3.48. The maximum absolute atomic E-state index is 11.2. The zero-order valence-corrected chi connectivity index (χ0v) is 9.74. The fraction of sp³-hybridized carbons (Fsp3) is 0. The Morgan fingerprint density at radius 2 is 1.76 bits per heavy atom. The quantitative estimate of drug-likeness (QED) is 0.869. The van der Waals surface area contributed by atoms with Crippen LogP contribution in [0.5, 0.6) is 0 Å². The average Bonchev–Trinajstić information content (AvgIpc) is 2.29. The predicted octanol–water partition coefficient (Wildman–Crippen LogP) is 1.88. The molecule has 5 heteroatoms. The highest BCUT2D eigenvalue weighted by atomic mass is 32.2. The molecule has 4 nitrogen and oxygen atoms in total. The first-order valence-corrected chi connectivity index (χ1v) is 6.47. The van der Waals surface area contributed by atoms with Crippen LogP contribution in [0.25, 0.3) is 0 Å². The second-order valence-corrected chi connectivity index (χ2v) is 5.01. The molecule has 0 aliphatic rings. The van der Waals surface area contributed by atoms with Crippen LogP contribution >= 0.6 is 0 Å². The Morgan fingerprint density at radius 3 is 2.41 bits per heavy atom. The number of hydrogen-bond donors (Lipinski definition) is 2. The van der Waals surface area contributed by atoms with E-state index in [9.17, 15) is 8.42 Å². The molecule has 0 aliphatic heterocycles. The SMILES string of the molecule is NS(=O)(=O)c1[c]ccc(Nc2ccccc2)c1. The molecule has 0 aromatic heterocycles. The zero-order chi connectivity index (χ0) is 12.3. The van der Waals surface area contributed by atoms with Gasteiger partial charge in [0.2, 0.25) is 10.0 Å². The van der Waals surface area contributed by atoms with E-state index in [0.717, 1.165) is 5.69 Å². The molecule has 3 N–H and O–H groups in total. The first kappa shape index (κ1) is 11.6. The first-order chi connectivity index (χ1) is 8.05. The highest BCUT2D eigenvalue weighted by Crippen LogP contribution is 2.18. The molecular weight excluding hydrogens is 236 g/mol. The maximum atomic E-state index is 11.2. The van der Waals surface area contributed by atoms with Crippen LogP contribution in [0.15, 0.2) is 53.4 Å². The Balaban J connectivity index is 2.29. The van der Waals surface area contributed by atoms with Crippen LogP contribution in [0.3, 0.4) is 0 Å². The molecule has 17 heavy (non-hydrogen) atoms. The highest BCUT2D eigenvalue weighted by Gasteiger charge is 2.08. The molecule has 2 aromatic rings. The van der Waals surface area contributed by atoms with E-state index in [1.807, 2.05) is 30.3 Å². The van der Waals surface area contributed by atoms with Crippen molar-refractivity contribution >= 4 is 21.4 Å². The van der Waals surface area contributed by atoms with E-state index in [1.165, 1.54) is 12.1 Å². The molecule has 1 radical (unpaired) electrons. The molecule has 0 bridgehead atoms. The van der Waals surface area contributed by atoms with Gasteiger partial charge in [0, 0.05) is 17.4 Å². The summed E-state index contributed by atoms with van der Waals surface area (Å²) in [6.07, 6.45) is 0. The standard InChI is InChI=1S/C12H11N2O2S/c13-17(15,16)12-8-4-7-11(9-12)14-10-5-2-1-3-6-10/h1-7,9,14H,(H2,13,15,16). The second kappa shape index (κ2) is 4.57. The molecule has 0 amide bonds.